The van der Waals surface area contributed by atoms with Gasteiger partial charge in [0.15, 0.2) is 5.82 Å². The number of hydrogen-bond donors (Lipinski definition) is 1. The highest BCUT2D eigenvalue weighted by Gasteiger charge is 2.24. The highest BCUT2D eigenvalue weighted by Crippen LogP contribution is 2.29. The zero-order valence-corrected chi connectivity index (χ0v) is 11.2. The Morgan fingerprint density at radius 1 is 1.39 bits per heavy atom. The second kappa shape index (κ2) is 6.85. The molecule has 0 aromatic carbocycles. The molecule has 2 rings (SSSR count). The Morgan fingerprint density at radius 3 is 2.89 bits per heavy atom. The van der Waals surface area contributed by atoms with E-state index in [2.05, 4.69) is 17.0 Å². The molecular weight excluding hydrogens is 228 g/mol. The van der Waals surface area contributed by atoms with Gasteiger partial charge in [0.2, 0.25) is 0 Å². The Hall–Kier alpha value is -0.940. The summed E-state index contributed by atoms with van der Waals surface area (Å²) in [6.45, 7) is 5.05. The van der Waals surface area contributed by atoms with Gasteiger partial charge in [0, 0.05) is 6.54 Å². The van der Waals surface area contributed by atoms with Crippen LogP contribution in [0, 0.1) is 11.8 Å². The largest absolute Gasteiger partial charge is 0.373 e. The fourth-order valence-corrected chi connectivity index (χ4v) is 2.78. The van der Waals surface area contributed by atoms with Crippen molar-refractivity contribution in [1.82, 2.24) is 14.8 Å². The molecule has 102 valence electrons. The molecule has 2 unspecified atom stereocenters. The van der Waals surface area contributed by atoms with E-state index in [0.717, 1.165) is 25.5 Å². The number of hydrogen-bond acceptors (Lipinski definition) is 4. The molecule has 0 spiro atoms. The third-order valence-electron chi connectivity index (χ3n) is 3.93. The first-order valence-corrected chi connectivity index (χ1v) is 6.99. The molecule has 1 aromatic heterocycles. The molecule has 0 radical (unpaired) electrons. The average Bonchev–Trinajstić information content (AvgIpc) is 2.87. The zero-order chi connectivity index (χ0) is 12.8. The monoisotopic (exact) mass is 252 g/mol. The highest BCUT2D eigenvalue weighted by atomic mass is 16.5. The minimum absolute atomic E-state index is 0.557. The van der Waals surface area contributed by atoms with Crippen LogP contribution in [0.2, 0.25) is 0 Å². The van der Waals surface area contributed by atoms with Gasteiger partial charge >= 0.3 is 0 Å². The summed E-state index contributed by atoms with van der Waals surface area (Å²) in [6, 6.07) is 0. The minimum atomic E-state index is 0.557. The van der Waals surface area contributed by atoms with E-state index in [-0.39, 0.29) is 0 Å². The summed E-state index contributed by atoms with van der Waals surface area (Å²) in [5, 5.41) is 4.14. The van der Waals surface area contributed by atoms with Crippen molar-refractivity contribution in [1.29, 1.82) is 0 Å². The van der Waals surface area contributed by atoms with Crippen LogP contribution in [0.5, 0.6) is 0 Å². The van der Waals surface area contributed by atoms with Gasteiger partial charge in [-0.25, -0.2) is 9.67 Å². The smallest absolute Gasteiger partial charge is 0.152 e. The first-order valence-electron chi connectivity index (χ1n) is 6.99. The van der Waals surface area contributed by atoms with Crippen LogP contribution in [0.15, 0.2) is 6.33 Å². The van der Waals surface area contributed by atoms with Crippen molar-refractivity contribution in [3.8, 4) is 0 Å². The predicted octanol–water partition coefficient (Wildman–Crippen LogP) is 1.58. The predicted molar refractivity (Wildman–Crippen MR) is 69.9 cm³/mol. The molecule has 5 heteroatoms. The van der Waals surface area contributed by atoms with Gasteiger partial charge in [-0.1, -0.05) is 12.8 Å². The Bertz CT molecular complexity index is 353. The zero-order valence-electron chi connectivity index (χ0n) is 11.2. The minimum Gasteiger partial charge on any atom is -0.373 e. The molecule has 5 nitrogen and oxygen atoms in total. The lowest BCUT2D eigenvalue weighted by Gasteiger charge is -2.30. The van der Waals surface area contributed by atoms with E-state index in [4.69, 9.17) is 10.5 Å². The SMILES string of the molecule is CCn1ncnc1COCC1CCCCC1CN. The summed E-state index contributed by atoms with van der Waals surface area (Å²) in [7, 11) is 0. The topological polar surface area (TPSA) is 66.0 Å². The van der Waals surface area contributed by atoms with Gasteiger partial charge < -0.3 is 10.5 Å². The first-order chi connectivity index (χ1) is 8.85. The average molecular weight is 252 g/mol. The molecule has 1 saturated carbocycles. The van der Waals surface area contributed by atoms with Crippen LogP contribution in [0.25, 0.3) is 0 Å². The van der Waals surface area contributed by atoms with Crippen molar-refractivity contribution in [2.75, 3.05) is 13.2 Å². The standard InChI is InChI=1S/C13H24N4O/c1-2-17-13(15-10-16-17)9-18-8-12-6-4-3-5-11(12)7-14/h10-12H,2-9,14H2,1H3. The van der Waals surface area contributed by atoms with Gasteiger partial charge in [-0.2, -0.15) is 5.10 Å². The number of aryl methyl sites for hydroxylation is 1. The molecule has 0 aliphatic heterocycles. The Labute approximate surface area is 109 Å². The molecule has 2 atom stereocenters. The second-order valence-corrected chi connectivity index (χ2v) is 5.05. The molecule has 2 N–H and O–H groups in total. The molecule has 1 aliphatic carbocycles. The number of nitrogens with two attached hydrogens (primary N) is 1. The summed E-state index contributed by atoms with van der Waals surface area (Å²) in [5.74, 6) is 2.18. The molecule has 0 bridgehead atoms. The van der Waals surface area contributed by atoms with E-state index < -0.39 is 0 Å². The summed E-state index contributed by atoms with van der Waals surface area (Å²) >= 11 is 0. The molecule has 1 aromatic rings. The molecule has 18 heavy (non-hydrogen) atoms. The maximum atomic E-state index is 5.82. The summed E-state index contributed by atoms with van der Waals surface area (Å²) < 4.78 is 7.69. The maximum Gasteiger partial charge on any atom is 0.152 e. The van der Waals surface area contributed by atoms with E-state index in [0.29, 0.717) is 18.4 Å². The van der Waals surface area contributed by atoms with Crippen molar-refractivity contribution in [3.63, 3.8) is 0 Å². The van der Waals surface area contributed by atoms with Crippen molar-refractivity contribution < 1.29 is 4.74 Å². The third kappa shape index (κ3) is 3.29. The molecular formula is C13H24N4O. The Kier molecular flexibility index (Phi) is 5.13. The summed E-state index contributed by atoms with van der Waals surface area (Å²) in [5.41, 5.74) is 5.82. The fourth-order valence-electron chi connectivity index (χ4n) is 2.78. The van der Waals surface area contributed by atoms with Crippen molar-refractivity contribution in [2.24, 2.45) is 17.6 Å². The quantitative estimate of drug-likeness (QED) is 0.834. The van der Waals surface area contributed by atoms with Crippen molar-refractivity contribution in [2.45, 2.75) is 45.8 Å². The number of ether oxygens (including phenoxy) is 1. The molecule has 0 amide bonds. The number of aromatic nitrogens is 3. The van der Waals surface area contributed by atoms with E-state index in [1.807, 2.05) is 4.68 Å². The normalized spacial score (nSPS) is 24.3. The van der Waals surface area contributed by atoms with Gasteiger partial charge in [0.05, 0.1) is 6.61 Å². The Balaban J connectivity index is 1.77. The van der Waals surface area contributed by atoms with Crippen LogP contribution in [-0.2, 0) is 17.9 Å². The number of nitrogens with zero attached hydrogens (tertiary/aromatic N) is 3. The van der Waals surface area contributed by atoms with Gasteiger partial charge in [-0.15, -0.1) is 0 Å². The van der Waals surface area contributed by atoms with Crippen LogP contribution in [0.3, 0.4) is 0 Å². The number of rotatable bonds is 6. The van der Waals surface area contributed by atoms with E-state index in [1.54, 1.807) is 6.33 Å². The van der Waals surface area contributed by atoms with Gasteiger partial charge in [-0.3, -0.25) is 0 Å². The van der Waals surface area contributed by atoms with E-state index >= 15 is 0 Å². The van der Waals surface area contributed by atoms with Crippen LogP contribution < -0.4 is 5.73 Å². The molecule has 1 fully saturated rings. The Morgan fingerprint density at radius 2 is 2.17 bits per heavy atom. The molecule has 1 aliphatic rings. The lowest BCUT2D eigenvalue weighted by Crippen LogP contribution is -2.30. The van der Waals surface area contributed by atoms with E-state index in [9.17, 15) is 0 Å². The van der Waals surface area contributed by atoms with Crippen molar-refractivity contribution in [3.05, 3.63) is 12.2 Å². The maximum absolute atomic E-state index is 5.82. The first kappa shape index (κ1) is 13.5. The van der Waals surface area contributed by atoms with Crippen LogP contribution in [-0.4, -0.2) is 27.9 Å². The lowest BCUT2D eigenvalue weighted by molar-refractivity contribution is 0.0464. The van der Waals surface area contributed by atoms with Crippen LogP contribution >= 0.6 is 0 Å². The van der Waals surface area contributed by atoms with E-state index in [1.165, 1.54) is 25.7 Å². The third-order valence-corrected chi connectivity index (χ3v) is 3.93. The summed E-state index contributed by atoms with van der Waals surface area (Å²) in [6.07, 6.45) is 6.74. The lowest BCUT2D eigenvalue weighted by atomic mass is 9.80. The molecule has 1 heterocycles. The second-order valence-electron chi connectivity index (χ2n) is 5.05. The fraction of sp³-hybridized carbons (Fsp3) is 0.846. The van der Waals surface area contributed by atoms with Gasteiger partial charge in [0.1, 0.15) is 12.9 Å². The van der Waals surface area contributed by atoms with Crippen molar-refractivity contribution >= 4 is 0 Å². The highest BCUT2D eigenvalue weighted by molar-refractivity contribution is 4.81. The van der Waals surface area contributed by atoms with Crippen LogP contribution in [0.4, 0.5) is 0 Å². The van der Waals surface area contributed by atoms with Crippen LogP contribution in [0.1, 0.15) is 38.4 Å². The van der Waals surface area contributed by atoms with Gasteiger partial charge in [-0.05, 0) is 38.1 Å². The molecule has 0 saturated heterocycles. The summed E-state index contributed by atoms with van der Waals surface area (Å²) in [4.78, 5) is 4.21. The van der Waals surface area contributed by atoms with Gasteiger partial charge in [0.25, 0.3) is 0 Å².